The van der Waals surface area contributed by atoms with E-state index in [0.717, 1.165) is 50.0 Å². The fourth-order valence-corrected chi connectivity index (χ4v) is 3.01. The summed E-state index contributed by atoms with van der Waals surface area (Å²) in [7, 11) is 3.30. The number of methoxy groups -OCH3 is 2. The van der Waals surface area contributed by atoms with Gasteiger partial charge in [0.2, 0.25) is 0 Å². The molecule has 25 heavy (non-hydrogen) atoms. The Morgan fingerprint density at radius 1 is 1.04 bits per heavy atom. The summed E-state index contributed by atoms with van der Waals surface area (Å²) in [6.45, 7) is 4.67. The molecule has 0 bridgehead atoms. The summed E-state index contributed by atoms with van der Waals surface area (Å²) < 4.78 is 10.7. The van der Waals surface area contributed by atoms with Crippen LogP contribution in [0.25, 0.3) is 0 Å². The molecule has 1 aromatic heterocycles. The molecule has 3 rings (SSSR count). The van der Waals surface area contributed by atoms with Crippen LogP contribution in [-0.2, 0) is 6.54 Å². The van der Waals surface area contributed by atoms with Crippen molar-refractivity contribution < 1.29 is 9.47 Å². The molecular weight excluding hydrogens is 316 g/mol. The molecule has 0 radical (unpaired) electrons. The van der Waals surface area contributed by atoms with E-state index in [-0.39, 0.29) is 0 Å². The van der Waals surface area contributed by atoms with E-state index in [4.69, 9.17) is 14.7 Å². The van der Waals surface area contributed by atoms with Gasteiger partial charge in [-0.15, -0.1) is 0 Å². The highest BCUT2D eigenvalue weighted by molar-refractivity contribution is 5.44. The summed E-state index contributed by atoms with van der Waals surface area (Å²) in [5.74, 6) is 2.45. The molecule has 1 aromatic carbocycles. The third-order valence-electron chi connectivity index (χ3n) is 4.43. The molecule has 1 aliphatic heterocycles. The molecule has 6 heteroatoms. The average Bonchev–Trinajstić information content (AvgIpc) is 2.68. The van der Waals surface area contributed by atoms with E-state index in [2.05, 4.69) is 26.9 Å². The molecule has 0 saturated carbocycles. The van der Waals surface area contributed by atoms with Crippen LogP contribution in [0.4, 0.5) is 5.82 Å². The molecule has 2 heterocycles. The highest BCUT2D eigenvalue weighted by Gasteiger charge is 2.18. The summed E-state index contributed by atoms with van der Waals surface area (Å²) in [4.78, 5) is 9.05. The van der Waals surface area contributed by atoms with Crippen LogP contribution < -0.4 is 14.4 Å². The molecule has 1 saturated heterocycles. The lowest BCUT2D eigenvalue weighted by Gasteiger charge is -2.35. The number of nitriles is 1. The molecule has 0 amide bonds. The molecule has 2 aromatic rings. The number of hydrogen-bond donors (Lipinski definition) is 0. The van der Waals surface area contributed by atoms with Crippen molar-refractivity contribution in [3.05, 3.63) is 47.7 Å². The maximum Gasteiger partial charge on any atom is 0.161 e. The predicted molar refractivity (Wildman–Crippen MR) is 96.0 cm³/mol. The van der Waals surface area contributed by atoms with Crippen LogP contribution in [0.2, 0.25) is 0 Å². The maximum atomic E-state index is 8.86. The largest absolute Gasteiger partial charge is 0.493 e. The first-order valence-electron chi connectivity index (χ1n) is 8.28. The average molecular weight is 338 g/mol. The van der Waals surface area contributed by atoms with Gasteiger partial charge in [0.1, 0.15) is 11.9 Å². The zero-order valence-corrected chi connectivity index (χ0v) is 14.6. The van der Waals surface area contributed by atoms with Gasteiger partial charge in [0.25, 0.3) is 0 Å². The minimum absolute atomic E-state index is 0.593. The van der Waals surface area contributed by atoms with Gasteiger partial charge >= 0.3 is 0 Å². The fraction of sp³-hybridized carbons (Fsp3) is 0.368. The summed E-state index contributed by atoms with van der Waals surface area (Å²) >= 11 is 0. The minimum Gasteiger partial charge on any atom is -0.493 e. The van der Waals surface area contributed by atoms with Gasteiger partial charge in [-0.2, -0.15) is 5.26 Å². The van der Waals surface area contributed by atoms with E-state index in [0.29, 0.717) is 5.56 Å². The van der Waals surface area contributed by atoms with Gasteiger partial charge in [0.15, 0.2) is 11.5 Å². The van der Waals surface area contributed by atoms with E-state index in [9.17, 15) is 0 Å². The molecule has 0 spiro atoms. The monoisotopic (exact) mass is 338 g/mol. The van der Waals surface area contributed by atoms with Gasteiger partial charge < -0.3 is 14.4 Å². The van der Waals surface area contributed by atoms with Crippen molar-refractivity contribution in [2.45, 2.75) is 6.54 Å². The van der Waals surface area contributed by atoms with Crippen molar-refractivity contribution in [2.24, 2.45) is 0 Å². The van der Waals surface area contributed by atoms with Crippen LogP contribution in [0.3, 0.4) is 0 Å². The SMILES string of the molecule is COc1ccc(CN2CCN(c3ccc(C#N)cn3)CC2)cc1OC. The van der Waals surface area contributed by atoms with Crippen LogP contribution >= 0.6 is 0 Å². The van der Waals surface area contributed by atoms with Gasteiger partial charge in [0.05, 0.1) is 19.8 Å². The second-order valence-electron chi connectivity index (χ2n) is 5.97. The number of hydrogen-bond acceptors (Lipinski definition) is 6. The Balaban J connectivity index is 1.58. The summed E-state index contributed by atoms with van der Waals surface area (Å²) in [5, 5.41) is 8.86. The molecule has 0 unspecified atom stereocenters. The normalized spacial score (nSPS) is 14.8. The Bertz CT molecular complexity index is 747. The zero-order valence-electron chi connectivity index (χ0n) is 14.6. The third kappa shape index (κ3) is 4.01. The molecule has 130 valence electrons. The van der Waals surface area contributed by atoms with E-state index in [1.165, 1.54) is 5.56 Å². The number of aromatic nitrogens is 1. The van der Waals surface area contributed by atoms with Gasteiger partial charge in [0, 0.05) is 38.9 Å². The van der Waals surface area contributed by atoms with E-state index in [1.54, 1.807) is 20.4 Å². The summed E-state index contributed by atoms with van der Waals surface area (Å²) in [6.07, 6.45) is 1.63. The standard InChI is InChI=1S/C19H22N4O2/c1-24-17-5-3-15(11-18(17)25-2)14-22-7-9-23(10-8-22)19-6-4-16(12-20)13-21-19/h3-6,11,13H,7-10,14H2,1-2H3. The Morgan fingerprint density at radius 2 is 1.80 bits per heavy atom. The minimum atomic E-state index is 0.593. The lowest BCUT2D eigenvalue weighted by atomic mass is 10.1. The van der Waals surface area contributed by atoms with E-state index in [1.807, 2.05) is 24.3 Å². The molecular formula is C19H22N4O2. The first-order chi connectivity index (χ1) is 12.2. The number of benzene rings is 1. The van der Waals surface area contributed by atoms with Crippen LogP contribution in [0.15, 0.2) is 36.5 Å². The van der Waals surface area contributed by atoms with Crippen LogP contribution in [-0.4, -0.2) is 50.3 Å². The predicted octanol–water partition coefficient (Wildman–Crippen LogP) is 2.29. The van der Waals surface area contributed by atoms with Crippen LogP contribution in [0.1, 0.15) is 11.1 Å². The number of piperazine rings is 1. The van der Waals surface area contributed by atoms with Crippen LogP contribution in [0.5, 0.6) is 11.5 Å². The zero-order chi connectivity index (χ0) is 17.6. The van der Waals surface area contributed by atoms with Crippen molar-refractivity contribution in [3.8, 4) is 17.6 Å². The molecule has 1 fully saturated rings. The Kier molecular flexibility index (Phi) is 5.36. The number of anilines is 1. The van der Waals surface area contributed by atoms with Crippen molar-refractivity contribution >= 4 is 5.82 Å². The highest BCUT2D eigenvalue weighted by atomic mass is 16.5. The summed E-state index contributed by atoms with van der Waals surface area (Å²) in [6, 6.07) is 11.9. The second-order valence-corrected chi connectivity index (χ2v) is 5.97. The molecule has 0 N–H and O–H groups in total. The van der Waals surface area contributed by atoms with Crippen LogP contribution in [0, 0.1) is 11.3 Å². The fourth-order valence-electron chi connectivity index (χ4n) is 3.01. The molecule has 1 aliphatic rings. The Morgan fingerprint density at radius 3 is 2.40 bits per heavy atom. The number of ether oxygens (including phenoxy) is 2. The van der Waals surface area contributed by atoms with Crippen molar-refractivity contribution in [1.82, 2.24) is 9.88 Å². The highest BCUT2D eigenvalue weighted by Crippen LogP contribution is 2.28. The summed E-state index contributed by atoms with van der Waals surface area (Å²) in [5.41, 5.74) is 1.80. The van der Waals surface area contributed by atoms with Gasteiger partial charge in [-0.3, -0.25) is 4.90 Å². The smallest absolute Gasteiger partial charge is 0.161 e. The van der Waals surface area contributed by atoms with Crippen molar-refractivity contribution in [2.75, 3.05) is 45.3 Å². The molecule has 6 nitrogen and oxygen atoms in total. The lowest BCUT2D eigenvalue weighted by Crippen LogP contribution is -2.46. The first kappa shape index (κ1) is 17.1. The topological polar surface area (TPSA) is 61.6 Å². The Labute approximate surface area is 148 Å². The van der Waals surface area contributed by atoms with Crippen molar-refractivity contribution in [1.29, 1.82) is 5.26 Å². The van der Waals surface area contributed by atoms with E-state index >= 15 is 0 Å². The number of nitrogens with zero attached hydrogens (tertiary/aromatic N) is 4. The third-order valence-corrected chi connectivity index (χ3v) is 4.43. The number of pyridine rings is 1. The quantitative estimate of drug-likeness (QED) is 0.834. The van der Waals surface area contributed by atoms with Gasteiger partial charge in [-0.25, -0.2) is 4.98 Å². The lowest BCUT2D eigenvalue weighted by molar-refractivity contribution is 0.248. The maximum absolute atomic E-state index is 8.86. The molecule has 0 aliphatic carbocycles. The second kappa shape index (κ2) is 7.86. The van der Waals surface area contributed by atoms with Gasteiger partial charge in [-0.05, 0) is 29.8 Å². The van der Waals surface area contributed by atoms with Gasteiger partial charge in [-0.1, -0.05) is 6.07 Å². The number of rotatable bonds is 5. The molecule has 0 atom stereocenters. The Hall–Kier alpha value is -2.78. The van der Waals surface area contributed by atoms with Crippen molar-refractivity contribution in [3.63, 3.8) is 0 Å². The first-order valence-corrected chi connectivity index (χ1v) is 8.28. The van der Waals surface area contributed by atoms with E-state index < -0.39 is 0 Å².